The van der Waals surface area contributed by atoms with E-state index in [9.17, 15) is 9.90 Å². The number of hydrogen-bond donors (Lipinski definition) is 4. The zero-order valence-corrected chi connectivity index (χ0v) is 16.9. The van der Waals surface area contributed by atoms with Crippen molar-refractivity contribution in [3.05, 3.63) is 78.5 Å². The molecular weight excluding hydrogens is 394 g/mol. The van der Waals surface area contributed by atoms with Gasteiger partial charge in [0, 0.05) is 53.9 Å². The number of fused-ring (bicyclic) bond motifs is 1. The zero-order valence-electron chi connectivity index (χ0n) is 16.9. The van der Waals surface area contributed by atoms with E-state index in [1.165, 1.54) is 5.01 Å². The summed E-state index contributed by atoms with van der Waals surface area (Å²) in [6, 6.07) is 10.7. The minimum atomic E-state index is -0.950. The molecular formula is C22H23N7O2. The number of nitrogens with one attached hydrogen (secondary N) is 1. The van der Waals surface area contributed by atoms with E-state index in [0.29, 0.717) is 11.3 Å². The Labute approximate surface area is 178 Å². The highest BCUT2D eigenvalue weighted by Crippen LogP contribution is 2.28. The van der Waals surface area contributed by atoms with Crippen molar-refractivity contribution in [2.75, 3.05) is 0 Å². The Kier molecular flexibility index (Phi) is 5.42. The number of rotatable bonds is 7. The largest absolute Gasteiger partial charge is 0.481 e. The van der Waals surface area contributed by atoms with Gasteiger partial charge in [-0.2, -0.15) is 5.10 Å². The number of hydrogen-bond acceptors (Lipinski definition) is 6. The number of hydrazine groups is 1. The number of aromatic amines is 1. The molecule has 9 heteroatoms. The highest BCUT2D eigenvalue weighted by Gasteiger charge is 2.20. The molecule has 4 aromatic rings. The van der Waals surface area contributed by atoms with Crippen LogP contribution in [0.1, 0.15) is 23.6 Å². The van der Waals surface area contributed by atoms with Crippen LogP contribution in [0.15, 0.2) is 67.4 Å². The van der Waals surface area contributed by atoms with Gasteiger partial charge in [-0.05, 0) is 11.6 Å². The molecule has 1 aromatic carbocycles. The highest BCUT2D eigenvalue weighted by atomic mass is 16.4. The molecule has 0 saturated heterocycles. The van der Waals surface area contributed by atoms with E-state index in [1.54, 1.807) is 29.5 Å². The molecule has 31 heavy (non-hydrogen) atoms. The maximum atomic E-state index is 11.4. The first-order valence-corrected chi connectivity index (χ1v) is 9.66. The number of aryl methyl sites for hydroxylation is 1. The fraction of sp³-hybridized carbons (Fsp3) is 0.136. The van der Waals surface area contributed by atoms with Crippen LogP contribution in [0.5, 0.6) is 0 Å². The number of carboxylic acid groups (broad SMARTS) is 1. The Morgan fingerprint density at radius 1 is 1.29 bits per heavy atom. The van der Waals surface area contributed by atoms with Crippen molar-refractivity contribution in [3.8, 4) is 11.1 Å². The Hall–Kier alpha value is -4.11. The molecule has 1 unspecified atom stereocenters. The maximum absolute atomic E-state index is 11.4. The van der Waals surface area contributed by atoms with Gasteiger partial charge in [-0.3, -0.25) is 9.48 Å². The first-order valence-electron chi connectivity index (χ1n) is 9.66. The third-order valence-corrected chi connectivity index (χ3v) is 5.08. The van der Waals surface area contributed by atoms with E-state index in [0.717, 1.165) is 27.6 Å². The number of pyridine rings is 1. The number of aliphatic carboxylic acids is 1. The average molecular weight is 417 g/mol. The van der Waals surface area contributed by atoms with Gasteiger partial charge < -0.3 is 20.8 Å². The Morgan fingerprint density at radius 2 is 2.06 bits per heavy atom. The quantitative estimate of drug-likeness (QED) is 0.268. The maximum Gasteiger partial charge on any atom is 0.305 e. The number of aromatic nitrogens is 4. The lowest BCUT2D eigenvalue weighted by atomic mass is 10.0. The van der Waals surface area contributed by atoms with Crippen molar-refractivity contribution in [2.45, 2.75) is 12.5 Å². The summed E-state index contributed by atoms with van der Waals surface area (Å²) >= 11 is 0. The van der Waals surface area contributed by atoms with Crippen LogP contribution in [-0.2, 0) is 11.8 Å². The van der Waals surface area contributed by atoms with Gasteiger partial charge in [0.15, 0.2) is 0 Å². The van der Waals surface area contributed by atoms with E-state index in [-0.39, 0.29) is 6.42 Å². The van der Waals surface area contributed by atoms with Crippen molar-refractivity contribution >= 4 is 22.7 Å². The molecule has 0 saturated carbocycles. The van der Waals surface area contributed by atoms with Crippen LogP contribution >= 0.6 is 0 Å². The average Bonchev–Trinajstić information content (AvgIpc) is 3.38. The molecule has 4 rings (SSSR count). The first-order chi connectivity index (χ1) is 14.9. The molecule has 0 aliphatic heterocycles. The van der Waals surface area contributed by atoms with E-state index >= 15 is 0 Å². The number of carbonyl (C=O) groups is 1. The van der Waals surface area contributed by atoms with Gasteiger partial charge in [-0.15, -0.1) is 0 Å². The summed E-state index contributed by atoms with van der Waals surface area (Å²) in [6.07, 6.45) is 8.61. The van der Waals surface area contributed by atoms with Crippen molar-refractivity contribution < 1.29 is 9.90 Å². The Morgan fingerprint density at radius 3 is 2.74 bits per heavy atom. The fourth-order valence-corrected chi connectivity index (χ4v) is 3.53. The van der Waals surface area contributed by atoms with E-state index in [1.807, 2.05) is 49.6 Å². The predicted octanol–water partition coefficient (Wildman–Crippen LogP) is 2.61. The molecule has 0 aliphatic carbocycles. The summed E-state index contributed by atoms with van der Waals surface area (Å²) in [5.41, 5.74) is 10.8. The van der Waals surface area contributed by atoms with Gasteiger partial charge in [0.25, 0.3) is 0 Å². The summed E-state index contributed by atoms with van der Waals surface area (Å²) in [4.78, 5) is 19.0. The second kappa shape index (κ2) is 8.33. The molecule has 0 amide bonds. The summed E-state index contributed by atoms with van der Waals surface area (Å²) in [5, 5.41) is 15.7. The van der Waals surface area contributed by atoms with Crippen LogP contribution in [0.4, 0.5) is 0 Å². The molecule has 1 atom stereocenters. The van der Waals surface area contributed by atoms with Crippen LogP contribution in [0.2, 0.25) is 0 Å². The topological polar surface area (TPSA) is 139 Å². The summed E-state index contributed by atoms with van der Waals surface area (Å²) in [7, 11) is 1.86. The van der Waals surface area contributed by atoms with Crippen molar-refractivity contribution in [1.82, 2.24) is 24.8 Å². The van der Waals surface area contributed by atoms with Gasteiger partial charge in [0.2, 0.25) is 0 Å². The number of carboxylic acids is 1. The van der Waals surface area contributed by atoms with E-state index in [2.05, 4.69) is 15.1 Å². The zero-order chi connectivity index (χ0) is 22.0. The lowest BCUT2D eigenvalue weighted by Crippen LogP contribution is -2.32. The normalized spacial score (nSPS) is 12.8. The smallest absolute Gasteiger partial charge is 0.305 e. The third-order valence-electron chi connectivity index (χ3n) is 5.08. The second-order valence-corrected chi connectivity index (χ2v) is 7.28. The molecule has 0 aliphatic rings. The third kappa shape index (κ3) is 4.26. The molecule has 9 nitrogen and oxygen atoms in total. The number of benzene rings is 1. The van der Waals surface area contributed by atoms with Gasteiger partial charge in [0.05, 0.1) is 24.4 Å². The van der Waals surface area contributed by atoms with E-state index in [4.69, 9.17) is 11.6 Å². The van der Waals surface area contributed by atoms with Gasteiger partial charge in [-0.25, -0.2) is 10.8 Å². The number of H-pyrrole nitrogens is 1. The SMILES string of the molecule is Cn1cc(-c2cnc3[nH]cc(/C(N)=C/N(N)C(CC(=O)O)c4ccccc4)c3c2)cn1. The fourth-order valence-electron chi connectivity index (χ4n) is 3.53. The van der Waals surface area contributed by atoms with Crippen molar-refractivity contribution in [2.24, 2.45) is 18.6 Å². The molecule has 0 bridgehead atoms. The first kappa shape index (κ1) is 20.2. The molecule has 0 fully saturated rings. The molecule has 3 heterocycles. The minimum absolute atomic E-state index is 0.162. The lowest BCUT2D eigenvalue weighted by molar-refractivity contribution is -0.138. The van der Waals surface area contributed by atoms with Crippen molar-refractivity contribution in [1.29, 1.82) is 0 Å². The molecule has 0 spiro atoms. The van der Waals surface area contributed by atoms with E-state index < -0.39 is 12.0 Å². The highest BCUT2D eigenvalue weighted by molar-refractivity contribution is 5.92. The second-order valence-electron chi connectivity index (χ2n) is 7.28. The van der Waals surface area contributed by atoms with Crippen LogP contribution in [0.25, 0.3) is 27.9 Å². The molecule has 3 aromatic heterocycles. The monoisotopic (exact) mass is 417 g/mol. The lowest BCUT2D eigenvalue weighted by Gasteiger charge is -2.26. The van der Waals surface area contributed by atoms with Crippen LogP contribution in [0.3, 0.4) is 0 Å². The Balaban J connectivity index is 1.68. The van der Waals surface area contributed by atoms with Crippen LogP contribution < -0.4 is 11.6 Å². The minimum Gasteiger partial charge on any atom is -0.481 e. The van der Waals surface area contributed by atoms with Gasteiger partial charge in [-0.1, -0.05) is 30.3 Å². The van der Waals surface area contributed by atoms with Gasteiger partial charge >= 0.3 is 5.97 Å². The number of nitrogens with two attached hydrogens (primary N) is 2. The van der Waals surface area contributed by atoms with Crippen molar-refractivity contribution in [3.63, 3.8) is 0 Å². The standard InChI is InChI=1S/C22H23N7O2/c1-28-12-16(10-27-28)15-7-17-18(11-26-22(17)25-9-15)19(23)13-29(24)20(8-21(30)31)14-5-3-2-4-6-14/h2-7,9-13,20H,8,23-24H2,1H3,(H,25,26)(H,30,31)/b19-13-. The Bertz CT molecular complexity index is 1240. The predicted molar refractivity (Wildman–Crippen MR) is 118 cm³/mol. The van der Waals surface area contributed by atoms with Crippen LogP contribution in [0, 0.1) is 0 Å². The number of nitrogens with zero attached hydrogens (tertiary/aromatic N) is 4. The summed E-state index contributed by atoms with van der Waals surface area (Å²) in [6.45, 7) is 0. The molecule has 0 radical (unpaired) electrons. The molecule has 158 valence electrons. The van der Waals surface area contributed by atoms with Gasteiger partial charge in [0.1, 0.15) is 5.65 Å². The van der Waals surface area contributed by atoms with Crippen LogP contribution in [-0.4, -0.2) is 35.8 Å². The summed E-state index contributed by atoms with van der Waals surface area (Å²) < 4.78 is 1.73. The summed E-state index contributed by atoms with van der Waals surface area (Å²) in [5.74, 6) is 5.30. The molecule has 6 N–H and O–H groups in total.